The van der Waals surface area contributed by atoms with Gasteiger partial charge in [-0.2, -0.15) is 0 Å². The van der Waals surface area contributed by atoms with Gasteiger partial charge in [-0.1, -0.05) is 18.2 Å². The first kappa shape index (κ1) is 16.6. The maximum Gasteiger partial charge on any atom is 0.251 e. The lowest BCUT2D eigenvalue weighted by atomic mass is 10.0. The summed E-state index contributed by atoms with van der Waals surface area (Å²) >= 11 is 1.57. The SMILES string of the molecule is Cc1nc(CC(=O)N2CCC(NC(=O)c3ccccc3)CC2)cs1. The molecule has 0 saturated carbocycles. The molecule has 3 rings (SSSR count). The van der Waals surface area contributed by atoms with Crippen molar-refractivity contribution in [3.8, 4) is 0 Å². The van der Waals surface area contributed by atoms with Crippen molar-refractivity contribution >= 4 is 23.2 Å². The van der Waals surface area contributed by atoms with Crippen molar-refractivity contribution < 1.29 is 9.59 Å². The Balaban J connectivity index is 1.47. The Kier molecular flexibility index (Phi) is 5.25. The number of nitrogens with zero attached hydrogens (tertiary/aromatic N) is 2. The van der Waals surface area contributed by atoms with E-state index in [9.17, 15) is 9.59 Å². The van der Waals surface area contributed by atoms with Gasteiger partial charge in [-0.15, -0.1) is 11.3 Å². The summed E-state index contributed by atoms with van der Waals surface area (Å²) in [4.78, 5) is 30.7. The second-order valence-corrected chi connectivity index (χ2v) is 7.09. The van der Waals surface area contributed by atoms with Crippen LogP contribution in [0.2, 0.25) is 0 Å². The van der Waals surface area contributed by atoms with Gasteiger partial charge in [0.15, 0.2) is 0 Å². The molecule has 0 spiro atoms. The number of likely N-dealkylation sites (tertiary alicyclic amines) is 1. The van der Waals surface area contributed by atoms with E-state index in [4.69, 9.17) is 0 Å². The van der Waals surface area contributed by atoms with Gasteiger partial charge in [-0.3, -0.25) is 9.59 Å². The summed E-state index contributed by atoms with van der Waals surface area (Å²) in [5.74, 6) is 0.0754. The molecule has 2 amide bonds. The molecule has 126 valence electrons. The molecule has 1 aliphatic rings. The Morgan fingerprint density at radius 3 is 2.58 bits per heavy atom. The highest BCUT2D eigenvalue weighted by atomic mass is 32.1. The third-order valence-corrected chi connectivity index (χ3v) is 5.04. The maximum absolute atomic E-state index is 12.3. The van der Waals surface area contributed by atoms with E-state index in [1.165, 1.54) is 0 Å². The van der Waals surface area contributed by atoms with Crippen LogP contribution < -0.4 is 5.32 Å². The minimum absolute atomic E-state index is 0.0432. The molecule has 2 aromatic rings. The molecule has 1 N–H and O–H groups in total. The molecule has 1 fully saturated rings. The highest BCUT2D eigenvalue weighted by Gasteiger charge is 2.24. The number of rotatable bonds is 4. The van der Waals surface area contributed by atoms with Crippen molar-refractivity contribution in [3.63, 3.8) is 0 Å². The Morgan fingerprint density at radius 1 is 1.25 bits per heavy atom. The highest BCUT2D eigenvalue weighted by molar-refractivity contribution is 7.09. The van der Waals surface area contributed by atoms with Gasteiger partial charge < -0.3 is 10.2 Å². The summed E-state index contributed by atoms with van der Waals surface area (Å²) in [6, 6.07) is 9.36. The average Bonchev–Trinajstić information content (AvgIpc) is 3.01. The number of carbonyl (C=O) groups is 2. The standard InChI is InChI=1S/C18H21N3O2S/c1-13-19-16(12-24-13)11-17(22)21-9-7-15(8-10-21)20-18(23)14-5-3-2-4-6-14/h2-6,12,15H,7-11H2,1H3,(H,20,23). The van der Waals surface area contributed by atoms with E-state index in [0.717, 1.165) is 23.5 Å². The summed E-state index contributed by atoms with van der Waals surface area (Å²) in [6.07, 6.45) is 1.95. The van der Waals surface area contributed by atoms with Gasteiger partial charge in [0.05, 0.1) is 17.1 Å². The van der Waals surface area contributed by atoms with E-state index >= 15 is 0 Å². The van der Waals surface area contributed by atoms with E-state index in [1.54, 1.807) is 11.3 Å². The first-order chi connectivity index (χ1) is 11.6. The topological polar surface area (TPSA) is 62.3 Å². The number of hydrogen-bond acceptors (Lipinski definition) is 4. The van der Waals surface area contributed by atoms with Crippen molar-refractivity contribution in [2.45, 2.75) is 32.2 Å². The van der Waals surface area contributed by atoms with Crippen LogP contribution in [0.25, 0.3) is 0 Å². The molecule has 0 atom stereocenters. The van der Waals surface area contributed by atoms with Crippen molar-refractivity contribution in [2.75, 3.05) is 13.1 Å². The number of benzene rings is 1. The Labute approximate surface area is 145 Å². The molecular weight excluding hydrogens is 322 g/mol. The largest absolute Gasteiger partial charge is 0.349 e. The monoisotopic (exact) mass is 343 g/mol. The first-order valence-electron chi connectivity index (χ1n) is 8.16. The molecule has 1 aromatic heterocycles. The summed E-state index contributed by atoms with van der Waals surface area (Å²) < 4.78 is 0. The number of nitrogens with one attached hydrogen (secondary N) is 1. The normalized spacial score (nSPS) is 15.3. The number of aryl methyl sites for hydroxylation is 1. The zero-order valence-corrected chi connectivity index (χ0v) is 14.5. The van der Waals surface area contributed by atoms with E-state index < -0.39 is 0 Å². The summed E-state index contributed by atoms with van der Waals surface area (Å²) in [6.45, 7) is 3.31. The first-order valence-corrected chi connectivity index (χ1v) is 9.04. The number of piperidine rings is 1. The molecule has 0 bridgehead atoms. The fraction of sp³-hybridized carbons (Fsp3) is 0.389. The number of thiazole rings is 1. The molecular formula is C18H21N3O2S. The van der Waals surface area contributed by atoms with Gasteiger partial charge in [0.25, 0.3) is 5.91 Å². The van der Waals surface area contributed by atoms with E-state index in [0.29, 0.717) is 25.1 Å². The van der Waals surface area contributed by atoms with Crippen LogP contribution in [0.3, 0.4) is 0 Å². The number of amides is 2. The van der Waals surface area contributed by atoms with Gasteiger partial charge in [-0.05, 0) is 31.9 Å². The smallest absolute Gasteiger partial charge is 0.251 e. The summed E-state index contributed by atoms with van der Waals surface area (Å²) in [7, 11) is 0. The molecule has 1 aromatic carbocycles. The van der Waals surface area contributed by atoms with Gasteiger partial charge >= 0.3 is 0 Å². The predicted molar refractivity (Wildman–Crippen MR) is 94.1 cm³/mol. The third-order valence-electron chi connectivity index (χ3n) is 4.22. The van der Waals surface area contributed by atoms with Crippen molar-refractivity contribution in [1.82, 2.24) is 15.2 Å². The van der Waals surface area contributed by atoms with E-state index in [1.807, 2.05) is 47.5 Å². The minimum Gasteiger partial charge on any atom is -0.349 e. The second kappa shape index (κ2) is 7.57. The third kappa shape index (κ3) is 4.20. The van der Waals surface area contributed by atoms with Crippen molar-refractivity contribution in [2.24, 2.45) is 0 Å². The highest BCUT2D eigenvalue weighted by Crippen LogP contribution is 2.14. The molecule has 0 aliphatic carbocycles. The predicted octanol–water partition coefficient (Wildman–Crippen LogP) is 2.42. The molecule has 1 saturated heterocycles. The Bertz CT molecular complexity index is 706. The average molecular weight is 343 g/mol. The lowest BCUT2D eigenvalue weighted by molar-refractivity contribution is -0.131. The van der Waals surface area contributed by atoms with E-state index in [-0.39, 0.29) is 17.9 Å². The van der Waals surface area contributed by atoms with Crippen LogP contribution >= 0.6 is 11.3 Å². The van der Waals surface area contributed by atoms with Crippen LogP contribution in [0.1, 0.15) is 33.9 Å². The molecule has 24 heavy (non-hydrogen) atoms. The van der Waals surface area contributed by atoms with Crippen LogP contribution in [0.4, 0.5) is 0 Å². The van der Waals surface area contributed by atoms with Gasteiger partial charge in [-0.25, -0.2) is 4.98 Å². The number of aromatic nitrogens is 1. The van der Waals surface area contributed by atoms with Gasteiger partial charge in [0, 0.05) is 30.1 Å². The zero-order valence-electron chi connectivity index (χ0n) is 13.7. The van der Waals surface area contributed by atoms with E-state index in [2.05, 4.69) is 10.3 Å². The minimum atomic E-state index is -0.0432. The Hall–Kier alpha value is -2.21. The second-order valence-electron chi connectivity index (χ2n) is 6.03. The van der Waals surface area contributed by atoms with Crippen LogP contribution in [0.15, 0.2) is 35.7 Å². The maximum atomic E-state index is 12.3. The summed E-state index contributed by atoms with van der Waals surface area (Å²) in [5.41, 5.74) is 1.52. The quantitative estimate of drug-likeness (QED) is 0.927. The Morgan fingerprint density at radius 2 is 1.96 bits per heavy atom. The fourth-order valence-electron chi connectivity index (χ4n) is 2.89. The lowest BCUT2D eigenvalue weighted by Crippen LogP contribution is -2.47. The van der Waals surface area contributed by atoms with Gasteiger partial charge in [0.1, 0.15) is 0 Å². The zero-order chi connectivity index (χ0) is 16.9. The van der Waals surface area contributed by atoms with Crippen LogP contribution in [-0.4, -0.2) is 40.8 Å². The molecule has 0 radical (unpaired) electrons. The van der Waals surface area contributed by atoms with Crippen molar-refractivity contribution in [3.05, 3.63) is 52.0 Å². The van der Waals surface area contributed by atoms with Crippen LogP contribution in [-0.2, 0) is 11.2 Å². The molecule has 2 heterocycles. The van der Waals surface area contributed by atoms with Gasteiger partial charge in [0.2, 0.25) is 5.91 Å². The molecule has 1 aliphatic heterocycles. The lowest BCUT2D eigenvalue weighted by Gasteiger charge is -2.32. The van der Waals surface area contributed by atoms with Crippen molar-refractivity contribution in [1.29, 1.82) is 0 Å². The van der Waals surface area contributed by atoms with Crippen LogP contribution in [0.5, 0.6) is 0 Å². The molecule has 0 unspecified atom stereocenters. The fourth-order valence-corrected chi connectivity index (χ4v) is 3.50. The molecule has 6 heteroatoms. The number of hydrogen-bond donors (Lipinski definition) is 1. The molecule has 5 nitrogen and oxygen atoms in total. The summed E-state index contributed by atoms with van der Waals surface area (Å²) in [5, 5.41) is 5.99. The van der Waals surface area contributed by atoms with Crippen LogP contribution in [0, 0.1) is 6.92 Å². The number of carbonyl (C=O) groups excluding carboxylic acids is 2.